The van der Waals surface area contributed by atoms with Gasteiger partial charge in [0, 0.05) is 17.3 Å². The molecular formula is C17H23N3O3S2. The summed E-state index contributed by atoms with van der Waals surface area (Å²) in [5.41, 5.74) is 6.46. The minimum absolute atomic E-state index is 0.203. The van der Waals surface area contributed by atoms with Crippen molar-refractivity contribution in [3.63, 3.8) is 0 Å². The Morgan fingerprint density at radius 3 is 2.64 bits per heavy atom. The third-order valence-electron chi connectivity index (χ3n) is 3.51. The maximum atomic E-state index is 12.6. The van der Waals surface area contributed by atoms with Gasteiger partial charge in [-0.25, -0.2) is 13.4 Å². The average molecular weight is 382 g/mol. The van der Waals surface area contributed by atoms with Crippen LogP contribution in [0.5, 0.6) is 0 Å². The summed E-state index contributed by atoms with van der Waals surface area (Å²) in [6.07, 6.45) is 5.88. The average Bonchev–Trinajstić information content (AvgIpc) is 3.12. The summed E-state index contributed by atoms with van der Waals surface area (Å²) >= 11 is 1.33. The van der Waals surface area contributed by atoms with Crippen molar-refractivity contribution in [1.82, 2.24) is 4.98 Å². The van der Waals surface area contributed by atoms with Crippen LogP contribution in [-0.4, -0.2) is 31.5 Å². The molecule has 2 aromatic rings. The number of sulfone groups is 1. The minimum Gasteiger partial charge on any atom is -0.399 e. The van der Waals surface area contributed by atoms with Gasteiger partial charge in [0.1, 0.15) is 23.1 Å². The van der Waals surface area contributed by atoms with Crippen LogP contribution < -0.4 is 5.73 Å². The highest BCUT2D eigenvalue weighted by Gasteiger charge is 2.21. The van der Waals surface area contributed by atoms with Crippen LogP contribution in [-0.2, 0) is 14.7 Å². The molecule has 2 rings (SSSR count). The van der Waals surface area contributed by atoms with Crippen molar-refractivity contribution in [2.24, 2.45) is 5.16 Å². The van der Waals surface area contributed by atoms with E-state index in [0.717, 1.165) is 25.7 Å². The van der Waals surface area contributed by atoms with E-state index in [9.17, 15) is 8.42 Å². The molecule has 0 saturated heterocycles. The third-order valence-corrected chi connectivity index (χ3v) is 5.98. The SMILES string of the molecule is CCCCCCO/N=C(/CS(=O)(=O)c1ccc(N)cc1)c1nccs1. The van der Waals surface area contributed by atoms with Crippen molar-refractivity contribution < 1.29 is 13.3 Å². The number of rotatable bonds is 10. The first-order valence-corrected chi connectivity index (χ1v) is 10.7. The lowest BCUT2D eigenvalue weighted by Gasteiger charge is -2.07. The molecule has 0 spiro atoms. The van der Waals surface area contributed by atoms with E-state index < -0.39 is 9.84 Å². The zero-order valence-electron chi connectivity index (χ0n) is 14.2. The maximum absolute atomic E-state index is 12.6. The smallest absolute Gasteiger partial charge is 0.184 e. The summed E-state index contributed by atoms with van der Waals surface area (Å²) in [6, 6.07) is 6.13. The number of hydrogen-bond donors (Lipinski definition) is 1. The molecule has 2 N–H and O–H groups in total. The Hall–Kier alpha value is -1.93. The molecule has 0 aliphatic rings. The van der Waals surface area contributed by atoms with E-state index in [1.165, 1.54) is 23.5 Å². The van der Waals surface area contributed by atoms with Crippen LogP contribution in [0.15, 0.2) is 45.9 Å². The van der Waals surface area contributed by atoms with E-state index in [0.29, 0.717) is 23.0 Å². The summed E-state index contributed by atoms with van der Waals surface area (Å²) in [5.74, 6) is -0.264. The van der Waals surface area contributed by atoms with Crippen LogP contribution in [0.1, 0.15) is 37.6 Å². The first-order chi connectivity index (χ1) is 12.0. The minimum atomic E-state index is -3.55. The number of oxime groups is 1. The number of thiazole rings is 1. The van der Waals surface area contributed by atoms with Crippen molar-refractivity contribution in [2.75, 3.05) is 18.1 Å². The number of anilines is 1. The first kappa shape index (κ1) is 19.4. The van der Waals surface area contributed by atoms with Crippen LogP contribution in [0.25, 0.3) is 0 Å². The summed E-state index contributed by atoms with van der Waals surface area (Å²) in [4.78, 5) is 9.70. The molecule has 6 nitrogen and oxygen atoms in total. The fourth-order valence-corrected chi connectivity index (χ4v) is 4.12. The lowest BCUT2D eigenvalue weighted by atomic mass is 10.2. The molecule has 8 heteroatoms. The maximum Gasteiger partial charge on any atom is 0.184 e. The van der Waals surface area contributed by atoms with Gasteiger partial charge >= 0.3 is 0 Å². The molecular weight excluding hydrogens is 358 g/mol. The van der Waals surface area contributed by atoms with Gasteiger partial charge in [0.15, 0.2) is 9.84 Å². The van der Waals surface area contributed by atoms with E-state index in [2.05, 4.69) is 17.1 Å². The van der Waals surface area contributed by atoms with E-state index >= 15 is 0 Å². The highest BCUT2D eigenvalue weighted by Crippen LogP contribution is 2.16. The molecule has 0 aliphatic carbocycles. The van der Waals surface area contributed by atoms with Crippen molar-refractivity contribution >= 4 is 32.6 Å². The Balaban J connectivity index is 2.09. The molecule has 0 aliphatic heterocycles. The molecule has 0 fully saturated rings. The van der Waals surface area contributed by atoms with Gasteiger partial charge in [-0.1, -0.05) is 24.9 Å². The standard InChI is InChI=1S/C17H23N3O3S2/c1-2-3-4-5-11-23-20-16(17-19-10-12-24-17)13-25(21,22)15-8-6-14(18)7-9-15/h6-10,12H,2-5,11,13,18H2,1H3/b20-16-. The van der Waals surface area contributed by atoms with E-state index in [-0.39, 0.29) is 10.6 Å². The summed E-state index contributed by atoms with van der Waals surface area (Å²) in [5, 5.41) is 6.38. The molecule has 136 valence electrons. The molecule has 0 atom stereocenters. The van der Waals surface area contributed by atoms with E-state index in [1.54, 1.807) is 23.7 Å². The number of nitrogen functional groups attached to an aromatic ring is 1. The molecule has 0 radical (unpaired) electrons. The molecule has 1 heterocycles. The number of nitrogens with two attached hydrogens (primary N) is 1. The second kappa shape index (κ2) is 9.53. The van der Waals surface area contributed by atoms with Crippen LogP contribution in [0.2, 0.25) is 0 Å². The van der Waals surface area contributed by atoms with Crippen molar-refractivity contribution in [3.05, 3.63) is 40.8 Å². The predicted molar refractivity (Wildman–Crippen MR) is 102 cm³/mol. The highest BCUT2D eigenvalue weighted by atomic mass is 32.2. The second-order valence-corrected chi connectivity index (χ2v) is 8.48. The fourth-order valence-electron chi connectivity index (χ4n) is 2.15. The zero-order valence-corrected chi connectivity index (χ0v) is 15.9. The van der Waals surface area contributed by atoms with Gasteiger partial charge in [-0.3, -0.25) is 0 Å². The summed E-state index contributed by atoms with van der Waals surface area (Å²) < 4.78 is 25.2. The van der Waals surface area contributed by atoms with Gasteiger partial charge in [-0.15, -0.1) is 11.3 Å². The van der Waals surface area contributed by atoms with Crippen molar-refractivity contribution in [3.8, 4) is 0 Å². The van der Waals surface area contributed by atoms with E-state index in [1.807, 2.05) is 0 Å². The summed E-state index contributed by atoms with van der Waals surface area (Å²) in [7, 11) is -3.55. The highest BCUT2D eigenvalue weighted by molar-refractivity contribution is 7.92. The largest absolute Gasteiger partial charge is 0.399 e. The van der Waals surface area contributed by atoms with Gasteiger partial charge in [-0.2, -0.15) is 0 Å². The predicted octanol–water partition coefficient (Wildman–Crippen LogP) is 3.50. The second-order valence-electron chi connectivity index (χ2n) is 5.60. The Morgan fingerprint density at radius 2 is 2.00 bits per heavy atom. The molecule has 0 saturated carbocycles. The Kier molecular flexibility index (Phi) is 7.39. The van der Waals surface area contributed by atoms with Gasteiger partial charge in [0.05, 0.1) is 4.90 Å². The molecule has 1 aromatic carbocycles. The number of hydrogen-bond acceptors (Lipinski definition) is 7. The zero-order chi connectivity index (χ0) is 18.1. The normalized spacial score (nSPS) is 12.3. The third kappa shape index (κ3) is 6.13. The van der Waals surface area contributed by atoms with Crippen molar-refractivity contribution in [1.29, 1.82) is 0 Å². The number of nitrogens with zero attached hydrogens (tertiary/aromatic N) is 2. The van der Waals surface area contributed by atoms with E-state index in [4.69, 9.17) is 10.6 Å². The Labute approximate surface area is 152 Å². The molecule has 1 aromatic heterocycles. The van der Waals surface area contributed by atoms with Crippen LogP contribution >= 0.6 is 11.3 Å². The monoisotopic (exact) mass is 381 g/mol. The number of aromatic nitrogens is 1. The fraction of sp³-hybridized carbons (Fsp3) is 0.412. The number of benzene rings is 1. The van der Waals surface area contributed by atoms with Gasteiger partial charge < -0.3 is 10.6 Å². The van der Waals surface area contributed by atoms with Crippen LogP contribution in [0, 0.1) is 0 Å². The van der Waals surface area contributed by atoms with Crippen LogP contribution in [0.4, 0.5) is 5.69 Å². The Bertz CT molecular complexity index is 770. The quantitative estimate of drug-likeness (QED) is 0.294. The van der Waals surface area contributed by atoms with Crippen LogP contribution in [0.3, 0.4) is 0 Å². The molecule has 0 amide bonds. The molecule has 25 heavy (non-hydrogen) atoms. The molecule has 0 unspecified atom stereocenters. The summed E-state index contributed by atoms with van der Waals surface area (Å²) in [6.45, 7) is 2.61. The Morgan fingerprint density at radius 1 is 1.24 bits per heavy atom. The topological polar surface area (TPSA) is 94.6 Å². The van der Waals surface area contributed by atoms with Gasteiger partial charge in [0.2, 0.25) is 0 Å². The van der Waals surface area contributed by atoms with Gasteiger partial charge in [-0.05, 0) is 37.1 Å². The number of unbranched alkanes of at least 4 members (excludes halogenated alkanes) is 3. The van der Waals surface area contributed by atoms with Crippen molar-refractivity contribution in [2.45, 2.75) is 37.5 Å². The molecule has 0 bridgehead atoms. The lowest BCUT2D eigenvalue weighted by molar-refractivity contribution is 0.139. The van der Waals surface area contributed by atoms with Gasteiger partial charge in [0.25, 0.3) is 0 Å². The lowest BCUT2D eigenvalue weighted by Crippen LogP contribution is -2.18. The first-order valence-electron chi connectivity index (χ1n) is 8.20.